The lowest BCUT2D eigenvalue weighted by atomic mass is 10.1. The van der Waals surface area contributed by atoms with E-state index in [0.29, 0.717) is 5.92 Å². The number of benzene rings is 1. The number of amides is 1. The van der Waals surface area contributed by atoms with Crippen LogP contribution in [0.5, 0.6) is 0 Å². The average Bonchev–Trinajstić information content (AvgIpc) is 3.26. The molecule has 4 nitrogen and oxygen atoms in total. The highest BCUT2D eigenvalue weighted by Gasteiger charge is 2.20. The molecule has 1 N–H and O–H groups in total. The van der Waals surface area contributed by atoms with Crippen LogP contribution in [0.15, 0.2) is 55.0 Å². The molecule has 3 aromatic rings. The zero-order valence-corrected chi connectivity index (χ0v) is 16.5. The molecule has 1 amide bonds. The molecule has 0 aliphatic carbocycles. The van der Waals surface area contributed by atoms with E-state index in [1.54, 1.807) is 11.8 Å². The van der Waals surface area contributed by atoms with Gasteiger partial charge in [-0.15, -0.1) is 0 Å². The third-order valence-corrected chi connectivity index (χ3v) is 5.16. The van der Waals surface area contributed by atoms with Crippen molar-refractivity contribution in [3.8, 4) is 0 Å². The van der Waals surface area contributed by atoms with Crippen molar-refractivity contribution in [2.45, 2.75) is 32.9 Å². The summed E-state index contributed by atoms with van der Waals surface area (Å²) in [5.74, 6) is 1.57. The molecule has 1 atom stereocenters. The Morgan fingerprint density at radius 1 is 1.12 bits per heavy atom. The number of nitrogens with one attached hydrogen (secondary N) is 1. The van der Waals surface area contributed by atoms with Crippen LogP contribution in [0.25, 0.3) is 10.9 Å². The predicted octanol–water partition coefficient (Wildman–Crippen LogP) is 5.03. The second-order valence-corrected chi connectivity index (χ2v) is 8.00. The van der Waals surface area contributed by atoms with Crippen LogP contribution in [0.2, 0.25) is 0 Å². The van der Waals surface area contributed by atoms with Crippen molar-refractivity contribution in [1.29, 1.82) is 0 Å². The summed E-state index contributed by atoms with van der Waals surface area (Å²) in [4.78, 5) is 13.0. The van der Waals surface area contributed by atoms with Crippen LogP contribution in [0.3, 0.4) is 0 Å². The standard InChI is InChI=1S/C21H27N3OS/c1-16(2)15-24-13-9-17-18(7-6-8-19(17)24)22-21(25)20(10-14-26-3)23-11-4-5-12-23/h4-9,11-13,16,20H,10,14-15H2,1-3H3,(H,22,25)/t20-/m1/s1. The molecule has 26 heavy (non-hydrogen) atoms. The van der Waals surface area contributed by atoms with E-state index in [0.717, 1.165) is 35.3 Å². The number of hydrogen-bond acceptors (Lipinski definition) is 2. The van der Waals surface area contributed by atoms with Crippen LogP contribution in [-0.2, 0) is 11.3 Å². The number of nitrogens with zero attached hydrogens (tertiary/aromatic N) is 2. The van der Waals surface area contributed by atoms with Crippen molar-refractivity contribution in [3.05, 3.63) is 55.0 Å². The minimum absolute atomic E-state index is 0.0411. The molecular formula is C21H27N3OS. The van der Waals surface area contributed by atoms with E-state index in [1.165, 1.54) is 0 Å². The van der Waals surface area contributed by atoms with Gasteiger partial charge in [-0.2, -0.15) is 11.8 Å². The highest BCUT2D eigenvalue weighted by molar-refractivity contribution is 7.98. The topological polar surface area (TPSA) is 39.0 Å². The molecule has 5 heteroatoms. The molecule has 0 bridgehead atoms. The maximum Gasteiger partial charge on any atom is 0.247 e. The SMILES string of the molecule is CSCC[C@H](C(=O)Nc1cccc2c1ccn2CC(C)C)n1cccc1. The Hall–Kier alpha value is -2.14. The van der Waals surface area contributed by atoms with Crippen molar-refractivity contribution < 1.29 is 4.79 Å². The molecule has 0 aliphatic rings. The van der Waals surface area contributed by atoms with Gasteiger partial charge in [0.1, 0.15) is 6.04 Å². The molecule has 0 saturated carbocycles. The minimum Gasteiger partial charge on any atom is -0.347 e. The third-order valence-electron chi connectivity index (χ3n) is 4.52. The normalized spacial score (nSPS) is 12.6. The van der Waals surface area contributed by atoms with E-state index in [1.807, 2.05) is 41.2 Å². The quantitative estimate of drug-likeness (QED) is 0.605. The van der Waals surface area contributed by atoms with E-state index in [9.17, 15) is 4.79 Å². The molecule has 2 heterocycles. The fourth-order valence-corrected chi connectivity index (χ4v) is 3.76. The number of anilines is 1. The summed E-state index contributed by atoms with van der Waals surface area (Å²) in [7, 11) is 0. The summed E-state index contributed by atoms with van der Waals surface area (Å²) in [6.07, 6.45) is 8.92. The van der Waals surface area contributed by atoms with Crippen molar-refractivity contribution >= 4 is 34.3 Å². The lowest BCUT2D eigenvalue weighted by Crippen LogP contribution is -2.26. The van der Waals surface area contributed by atoms with E-state index in [2.05, 4.69) is 48.3 Å². The number of aromatic nitrogens is 2. The molecular weight excluding hydrogens is 342 g/mol. The van der Waals surface area contributed by atoms with E-state index >= 15 is 0 Å². The largest absolute Gasteiger partial charge is 0.347 e. The summed E-state index contributed by atoms with van der Waals surface area (Å²) >= 11 is 1.77. The first-order chi connectivity index (χ1) is 12.6. The van der Waals surface area contributed by atoms with Crippen molar-refractivity contribution in [2.24, 2.45) is 5.92 Å². The molecule has 0 spiro atoms. The smallest absolute Gasteiger partial charge is 0.247 e. The zero-order chi connectivity index (χ0) is 18.5. The van der Waals surface area contributed by atoms with Crippen LogP contribution in [0.4, 0.5) is 5.69 Å². The summed E-state index contributed by atoms with van der Waals surface area (Å²) < 4.78 is 4.25. The molecule has 0 fully saturated rings. The average molecular weight is 370 g/mol. The summed E-state index contributed by atoms with van der Waals surface area (Å²) in [5, 5.41) is 4.26. The lowest BCUT2D eigenvalue weighted by molar-refractivity contribution is -0.119. The Balaban J connectivity index is 1.85. The number of carbonyl (C=O) groups excluding carboxylic acids is 1. The Morgan fingerprint density at radius 3 is 2.58 bits per heavy atom. The van der Waals surface area contributed by atoms with Gasteiger partial charge >= 0.3 is 0 Å². The maximum absolute atomic E-state index is 13.0. The van der Waals surface area contributed by atoms with Gasteiger partial charge in [0, 0.05) is 30.5 Å². The van der Waals surface area contributed by atoms with E-state index < -0.39 is 0 Å². The van der Waals surface area contributed by atoms with Gasteiger partial charge in [0.2, 0.25) is 5.91 Å². The second-order valence-electron chi connectivity index (χ2n) is 7.02. The first-order valence-electron chi connectivity index (χ1n) is 9.10. The molecule has 0 aliphatic heterocycles. The number of fused-ring (bicyclic) bond motifs is 1. The Labute approximate surface area is 159 Å². The highest BCUT2D eigenvalue weighted by Crippen LogP contribution is 2.27. The molecule has 0 saturated heterocycles. The van der Waals surface area contributed by atoms with Gasteiger partial charge in [-0.25, -0.2) is 0 Å². The summed E-state index contributed by atoms with van der Waals surface area (Å²) in [6, 6.07) is 12.0. The van der Waals surface area contributed by atoms with Crippen LogP contribution in [0.1, 0.15) is 26.3 Å². The number of carbonyl (C=O) groups is 1. The van der Waals surface area contributed by atoms with Crippen LogP contribution in [-0.4, -0.2) is 27.1 Å². The third kappa shape index (κ3) is 4.15. The molecule has 1 aromatic carbocycles. The first kappa shape index (κ1) is 18.6. The van der Waals surface area contributed by atoms with Crippen LogP contribution in [0, 0.1) is 5.92 Å². The monoisotopic (exact) mass is 369 g/mol. The van der Waals surface area contributed by atoms with Crippen molar-refractivity contribution in [3.63, 3.8) is 0 Å². The van der Waals surface area contributed by atoms with E-state index in [-0.39, 0.29) is 11.9 Å². The van der Waals surface area contributed by atoms with Crippen LogP contribution < -0.4 is 5.32 Å². The Bertz CT molecular complexity index is 851. The molecule has 3 rings (SSSR count). The highest BCUT2D eigenvalue weighted by atomic mass is 32.2. The minimum atomic E-state index is -0.189. The van der Waals surface area contributed by atoms with Gasteiger partial charge in [0.15, 0.2) is 0 Å². The van der Waals surface area contributed by atoms with Gasteiger partial charge in [0.05, 0.1) is 11.2 Å². The zero-order valence-electron chi connectivity index (χ0n) is 15.7. The molecule has 138 valence electrons. The fourth-order valence-electron chi connectivity index (χ4n) is 3.30. The first-order valence-corrected chi connectivity index (χ1v) is 10.5. The number of thioether (sulfide) groups is 1. The van der Waals surface area contributed by atoms with Crippen molar-refractivity contribution in [1.82, 2.24) is 9.13 Å². The maximum atomic E-state index is 13.0. The van der Waals surface area contributed by atoms with Gasteiger partial charge in [-0.1, -0.05) is 19.9 Å². The molecule has 0 unspecified atom stereocenters. The fraction of sp³-hybridized carbons (Fsp3) is 0.381. The Kier molecular flexibility index (Phi) is 6.09. The van der Waals surface area contributed by atoms with Crippen LogP contribution >= 0.6 is 11.8 Å². The summed E-state index contributed by atoms with van der Waals surface area (Å²) in [6.45, 7) is 5.40. The Morgan fingerprint density at radius 2 is 1.88 bits per heavy atom. The molecule has 0 radical (unpaired) electrons. The lowest BCUT2D eigenvalue weighted by Gasteiger charge is -2.19. The predicted molar refractivity (Wildman–Crippen MR) is 112 cm³/mol. The molecule has 2 aromatic heterocycles. The summed E-state index contributed by atoms with van der Waals surface area (Å²) in [5.41, 5.74) is 2.05. The van der Waals surface area contributed by atoms with Gasteiger partial charge in [-0.05, 0) is 54.7 Å². The second kappa shape index (κ2) is 8.49. The number of hydrogen-bond donors (Lipinski definition) is 1. The van der Waals surface area contributed by atoms with Gasteiger partial charge < -0.3 is 14.5 Å². The van der Waals surface area contributed by atoms with Gasteiger partial charge in [-0.3, -0.25) is 4.79 Å². The van der Waals surface area contributed by atoms with Gasteiger partial charge in [0.25, 0.3) is 0 Å². The van der Waals surface area contributed by atoms with Crippen molar-refractivity contribution in [2.75, 3.05) is 17.3 Å². The number of rotatable bonds is 8. The van der Waals surface area contributed by atoms with E-state index in [4.69, 9.17) is 0 Å².